The number of hydrogen-bond donors (Lipinski definition) is 3. The molecule has 0 radical (unpaired) electrons. The average molecular weight is 325 g/mol. The number of nitrogens with one attached hydrogen (secondary N) is 1. The summed E-state index contributed by atoms with van der Waals surface area (Å²) in [5, 5.41) is 2.74. The van der Waals surface area contributed by atoms with Gasteiger partial charge in [0, 0.05) is 4.47 Å². The van der Waals surface area contributed by atoms with Crippen molar-refractivity contribution in [3.63, 3.8) is 0 Å². The van der Waals surface area contributed by atoms with Gasteiger partial charge in [-0.3, -0.25) is 4.79 Å². The predicted molar refractivity (Wildman–Crippen MR) is 74.5 cm³/mol. The first-order valence-corrected chi connectivity index (χ1v) is 6.05. The zero-order valence-corrected chi connectivity index (χ0v) is 11.2. The van der Waals surface area contributed by atoms with E-state index in [0.29, 0.717) is 4.47 Å². The number of aromatic nitrogens is 1. The molecule has 2 rings (SSSR count). The zero-order valence-electron chi connectivity index (χ0n) is 9.65. The number of hydrogen-bond acceptors (Lipinski definition) is 4. The highest BCUT2D eigenvalue weighted by atomic mass is 79.9. The molecule has 5 nitrogen and oxygen atoms in total. The molecule has 5 N–H and O–H groups in total. The van der Waals surface area contributed by atoms with E-state index in [1.807, 2.05) is 0 Å². The van der Waals surface area contributed by atoms with Crippen molar-refractivity contribution >= 4 is 39.0 Å². The summed E-state index contributed by atoms with van der Waals surface area (Å²) < 4.78 is 14.2. The van der Waals surface area contributed by atoms with Gasteiger partial charge < -0.3 is 16.8 Å². The zero-order chi connectivity index (χ0) is 14.0. The first-order valence-electron chi connectivity index (χ1n) is 5.26. The van der Waals surface area contributed by atoms with E-state index in [0.717, 1.165) is 0 Å². The summed E-state index contributed by atoms with van der Waals surface area (Å²) in [6, 6.07) is 7.39. The van der Waals surface area contributed by atoms with Crippen LogP contribution in [0, 0.1) is 5.82 Å². The quantitative estimate of drug-likeness (QED) is 0.808. The van der Waals surface area contributed by atoms with Crippen LogP contribution in [0.3, 0.4) is 0 Å². The van der Waals surface area contributed by atoms with E-state index in [1.54, 1.807) is 12.1 Å². The summed E-state index contributed by atoms with van der Waals surface area (Å²) in [5.41, 5.74) is 11.4. The maximum absolute atomic E-state index is 13.7. The monoisotopic (exact) mass is 324 g/mol. The van der Waals surface area contributed by atoms with Gasteiger partial charge in [-0.15, -0.1) is 0 Å². The third-order valence-corrected chi connectivity index (χ3v) is 3.05. The van der Waals surface area contributed by atoms with E-state index < -0.39 is 11.7 Å². The van der Waals surface area contributed by atoms with Gasteiger partial charge in [0.2, 0.25) is 0 Å². The van der Waals surface area contributed by atoms with Crippen molar-refractivity contribution < 1.29 is 9.18 Å². The molecule has 1 amide bonds. The second-order valence-electron chi connectivity index (χ2n) is 3.72. The molecule has 0 atom stereocenters. The molecule has 1 heterocycles. The smallest absolute Gasteiger partial charge is 0.267 e. The van der Waals surface area contributed by atoms with E-state index in [2.05, 4.69) is 26.2 Å². The Kier molecular flexibility index (Phi) is 3.66. The summed E-state index contributed by atoms with van der Waals surface area (Å²) in [6.45, 7) is 0. The van der Waals surface area contributed by atoms with E-state index in [1.165, 1.54) is 18.2 Å². The minimum Gasteiger partial charge on any atom is -0.396 e. The first kappa shape index (κ1) is 13.3. The van der Waals surface area contributed by atoms with Crippen molar-refractivity contribution in [3.05, 3.63) is 46.3 Å². The number of pyridine rings is 1. The Balaban J connectivity index is 2.43. The Hall–Kier alpha value is -2.15. The molecular formula is C12H10BrFN4O. The molecule has 0 aliphatic carbocycles. The van der Waals surface area contributed by atoms with Gasteiger partial charge in [0.15, 0.2) is 5.82 Å². The molecule has 0 fully saturated rings. The maximum atomic E-state index is 13.7. The Morgan fingerprint density at radius 3 is 2.68 bits per heavy atom. The van der Waals surface area contributed by atoms with Crippen LogP contribution in [-0.2, 0) is 0 Å². The van der Waals surface area contributed by atoms with Crippen molar-refractivity contribution in [1.82, 2.24) is 4.98 Å². The standard InChI is InChI=1S/C12H10BrFN4O/c13-6-2-1-3-7(14)10(6)18-12-8(15)4-5-9(17-12)11(16)19/h1-5H,15H2,(H2,16,19)(H,17,18). The number of benzene rings is 1. The average Bonchev–Trinajstić information content (AvgIpc) is 2.35. The second kappa shape index (κ2) is 5.23. The minimum absolute atomic E-state index is 0.0455. The van der Waals surface area contributed by atoms with Crippen LogP contribution in [0.5, 0.6) is 0 Å². The highest BCUT2D eigenvalue weighted by molar-refractivity contribution is 9.10. The van der Waals surface area contributed by atoms with Gasteiger partial charge in [-0.1, -0.05) is 6.07 Å². The molecule has 1 aromatic heterocycles. The minimum atomic E-state index is -0.685. The van der Waals surface area contributed by atoms with Gasteiger partial charge in [0.1, 0.15) is 11.5 Å². The van der Waals surface area contributed by atoms with Gasteiger partial charge in [-0.05, 0) is 40.2 Å². The lowest BCUT2D eigenvalue weighted by atomic mass is 10.2. The number of halogens is 2. The number of carbonyl (C=O) groups is 1. The fourth-order valence-electron chi connectivity index (χ4n) is 1.44. The second-order valence-corrected chi connectivity index (χ2v) is 4.57. The predicted octanol–water partition coefficient (Wildman–Crippen LogP) is 2.41. The van der Waals surface area contributed by atoms with Gasteiger partial charge in [0.05, 0.1) is 11.4 Å². The fraction of sp³-hybridized carbons (Fsp3) is 0. The molecule has 98 valence electrons. The van der Waals surface area contributed by atoms with E-state index >= 15 is 0 Å². The van der Waals surface area contributed by atoms with Gasteiger partial charge in [-0.25, -0.2) is 9.37 Å². The lowest BCUT2D eigenvalue weighted by Crippen LogP contribution is -2.14. The van der Waals surface area contributed by atoms with Crippen molar-refractivity contribution in [2.45, 2.75) is 0 Å². The summed E-state index contributed by atoms with van der Waals surface area (Å²) in [6.07, 6.45) is 0. The third kappa shape index (κ3) is 2.82. The lowest BCUT2D eigenvalue weighted by molar-refractivity contribution is 0.0996. The Labute approximate surface area is 116 Å². The van der Waals surface area contributed by atoms with Crippen LogP contribution in [0.4, 0.5) is 21.6 Å². The number of carbonyl (C=O) groups excluding carboxylic acids is 1. The van der Waals surface area contributed by atoms with Crippen LogP contribution in [0.25, 0.3) is 0 Å². The highest BCUT2D eigenvalue weighted by Gasteiger charge is 2.11. The normalized spacial score (nSPS) is 10.2. The van der Waals surface area contributed by atoms with Crippen LogP contribution in [0.15, 0.2) is 34.8 Å². The van der Waals surface area contributed by atoms with Gasteiger partial charge in [0.25, 0.3) is 5.91 Å². The lowest BCUT2D eigenvalue weighted by Gasteiger charge is -2.11. The first-order chi connectivity index (χ1) is 8.99. The number of nitrogen functional groups attached to an aromatic ring is 1. The molecule has 2 aromatic rings. The fourth-order valence-corrected chi connectivity index (χ4v) is 1.88. The van der Waals surface area contributed by atoms with Crippen molar-refractivity contribution in [2.75, 3.05) is 11.1 Å². The number of para-hydroxylation sites is 1. The van der Waals surface area contributed by atoms with Gasteiger partial charge >= 0.3 is 0 Å². The molecule has 0 aliphatic heterocycles. The molecule has 0 saturated heterocycles. The topological polar surface area (TPSA) is 94.0 Å². The van der Waals surface area contributed by atoms with Crippen molar-refractivity contribution in [2.24, 2.45) is 5.73 Å². The Bertz CT molecular complexity index is 627. The molecular weight excluding hydrogens is 315 g/mol. The van der Waals surface area contributed by atoms with Gasteiger partial charge in [-0.2, -0.15) is 0 Å². The Morgan fingerprint density at radius 2 is 2.05 bits per heavy atom. The number of primary amides is 1. The van der Waals surface area contributed by atoms with Crippen LogP contribution < -0.4 is 16.8 Å². The number of anilines is 3. The Morgan fingerprint density at radius 1 is 1.32 bits per heavy atom. The molecule has 19 heavy (non-hydrogen) atoms. The molecule has 0 spiro atoms. The number of rotatable bonds is 3. The molecule has 1 aromatic carbocycles. The van der Waals surface area contributed by atoms with Crippen molar-refractivity contribution in [3.8, 4) is 0 Å². The molecule has 0 saturated carbocycles. The number of nitrogens with zero attached hydrogens (tertiary/aromatic N) is 1. The van der Waals surface area contributed by atoms with E-state index in [-0.39, 0.29) is 22.9 Å². The van der Waals surface area contributed by atoms with Crippen LogP contribution in [0.2, 0.25) is 0 Å². The summed E-state index contributed by atoms with van der Waals surface area (Å²) in [5.74, 6) is -0.988. The third-order valence-electron chi connectivity index (χ3n) is 2.39. The molecule has 0 bridgehead atoms. The summed E-state index contributed by atoms with van der Waals surface area (Å²) in [7, 11) is 0. The molecule has 0 unspecified atom stereocenters. The van der Waals surface area contributed by atoms with Crippen LogP contribution >= 0.6 is 15.9 Å². The number of nitrogens with two attached hydrogens (primary N) is 2. The van der Waals surface area contributed by atoms with Crippen molar-refractivity contribution in [1.29, 1.82) is 0 Å². The van der Waals surface area contributed by atoms with Crippen LogP contribution in [0.1, 0.15) is 10.5 Å². The van der Waals surface area contributed by atoms with Crippen LogP contribution in [-0.4, -0.2) is 10.9 Å². The SMILES string of the molecule is NC(=O)c1ccc(N)c(Nc2c(F)cccc2Br)n1. The largest absolute Gasteiger partial charge is 0.396 e. The molecule has 7 heteroatoms. The van der Waals surface area contributed by atoms with E-state index in [4.69, 9.17) is 11.5 Å². The molecule has 0 aliphatic rings. The maximum Gasteiger partial charge on any atom is 0.267 e. The summed E-state index contributed by atoms with van der Waals surface area (Å²) in [4.78, 5) is 15.0. The number of amides is 1. The van der Waals surface area contributed by atoms with E-state index in [9.17, 15) is 9.18 Å². The summed E-state index contributed by atoms with van der Waals surface area (Å²) >= 11 is 3.21. The highest BCUT2D eigenvalue weighted by Crippen LogP contribution is 2.29.